The van der Waals surface area contributed by atoms with Crippen molar-refractivity contribution in [2.24, 2.45) is 0 Å². The van der Waals surface area contributed by atoms with E-state index < -0.39 is 35.3 Å². The third-order valence-electron chi connectivity index (χ3n) is 2.14. The van der Waals surface area contributed by atoms with E-state index in [1.165, 1.54) is 6.92 Å². The van der Waals surface area contributed by atoms with E-state index >= 15 is 0 Å². The lowest BCUT2D eigenvalue weighted by Crippen LogP contribution is -2.30. The van der Waals surface area contributed by atoms with Crippen molar-refractivity contribution in [2.75, 3.05) is 6.61 Å². The van der Waals surface area contributed by atoms with E-state index in [1.807, 2.05) is 0 Å². The first-order chi connectivity index (χ1) is 8.75. The normalized spacial score (nSPS) is 13.1. The van der Waals surface area contributed by atoms with Gasteiger partial charge < -0.3 is 14.9 Å². The van der Waals surface area contributed by atoms with Crippen molar-refractivity contribution in [1.82, 2.24) is 9.78 Å². The van der Waals surface area contributed by atoms with Crippen molar-refractivity contribution in [1.29, 1.82) is 0 Å². The molecule has 106 valence electrons. The summed E-state index contributed by atoms with van der Waals surface area (Å²) in [6.45, 7) is 1.40. The number of nitro groups is 1. The van der Waals surface area contributed by atoms with Crippen molar-refractivity contribution in [3.8, 4) is 0 Å². The Kier molecular flexibility index (Phi) is 4.46. The van der Waals surface area contributed by atoms with Gasteiger partial charge in [0.2, 0.25) is 0 Å². The molecule has 1 unspecified atom stereocenters. The number of carbonyl (C=O) groups is 1. The summed E-state index contributed by atoms with van der Waals surface area (Å²) in [7, 11) is 0. The van der Waals surface area contributed by atoms with Crippen LogP contribution in [0.4, 0.5) is 19.0 Å². The summed E-state index contributed by atoms with van der Waals surface area (Å²) < 4.78 is 43.1. The summed E-state index contributed by atoms with van der Waals surface area (Å²) in [5, 5.41) is 13.5. The number of aromatic nitrogens is 2. The van der Waals surface area contributed by atoms with E-state index in [4.69, 9.17) is 0 Å². The fraction of sp³-hybridized carbons (Fsp3) is 0.556. The molecule has 1 heterocycles. The van der Waals surface area contributed by atoms with Gasteiger partial charge in [0, 0.05) is 0 Å². The predicted molar refractivity (Wildman–Crippen MR) is 55.2 cm³/mol. The third-order valence-corrected chi connectivity index (χ3v) is 2.14. The first-order valence-electron chi connectivity index (χ1n) is 5.17. The van der Waals surface area contributed by atoms with Crippen LogP contribution in [0.15, 0.2) is 12.3 Å². The molecule has 0 saturated heterocycles. The summed E-state index contributed by atoms with van der Waals surface area (Å²) in [6.07, 6.45) is -4.96. The number of esters is 1. The standard InChI is InChI=1S/C9H10F3N3O4/c1-2-19-8(16)5-6(9(10,11)12)14-4-3-7(13-14)15(17)18/h3-4,6H,2,5H2,1H3. The first kappa shape index (κ1) is 14.9. The summed E-state index contributed by atoms with van der Waals surface area (Å²) >= 11 is 0. The van der Waals surface area contributed by atoms with Crippen LogP contribution in [0.25, 0.3) is 0 Å². The SMILES string of the molecule is CCOC(=O)CC(n1ccc([N+](=O)[O-])n1)C(F)(F)F. The number of halogens is 3. The van der Waals surface area contributed by atoms with E-state index in [2.05, 4.69) is 9.84 Å². The van der Waals surface area contributed by atoms with Crippen LogP contribution in [0.1, 0.15) is 19.4 Å². The van der Waals surface area contributed by atoms with Gasteiger partial charge in [-0.15, -0.1) is 0 Å². The predicted octanol–water partition coefficient (Wildman–Crippen LogP) is 1.85. The zero-order valence-corrected chi connectivity index (χ0v) is 9.75. The number of carbonyl (C=O) groups excluding carboxylic acids is 1. The second-order valence-electron chi connectivity index (χ2n) is 3.48. The lowest BCUT2D eigenvalue weighted by Gasteiger charge is -2.17. The van der Waals surface area contributed by atoms with Crippen LogP contribution >= 0.6 is 0 Å². The lowest BCUT2D eigenvalue weighted by atomic mass is 10.2. The van der Waals surface area contributed by atoms with Gasteiger partial charge in [-0.2, -0.15) is 17.9 Å². The van der Waals surface area contributed by atoms with Crippen LogP contribution in [-0.2, 0) is 9.53 Å². The molecule has 0 saturated carbocycles. The van der Waals surface area contributed by atoms with Crippen LogP contribution in [-0.4, -0.2) is 33.5 Å². The number of hydrogen-bond donors (Lipinski definition) is 0. The smallest absolute Gasteiger partial charge is 0.413 e. The molecule has 0 aliphatic rings. The van der Waals surface area contributed by atoms with Crippen LogP contribution in [0, 0.1) is 10.1 Å². The minimum absolute atomic E-state index is 0.0529. The van der Waals surface area contributed by atoms with Crippen LogP contribution in [0.2, 0.25) is 0 Å². The van der Waals surface area contributed by atoms with Gasteiger partial charge >= 0.3 is 18.0 Å². The fourth-order valence-corrected chi connectivity index (χ4v) is 1.34. The highest BCUT2D eigenvalue weighted by atomic mass is 19.4. The number of ether oxygens (including phenoxy) is 1. The third kappa shape index (κ3) is 3.93. The molecular formula is C9H10F3N3O4. The molecule has 0 radical (unpaired) electrons. The maximum Gasteiger partial charge on any atom is 0.413 e. The van der Waals surface area contributed by atoms with Crippen LogP contribution in [0.3, 0.4) is 0 Å². The topological polar surface area (TPSA) is 87.3 Å². The van der Waals surface area contributed by atoms with Gasteiger partial charge in [-0.25, -0.2) is 0 Å². The summed E-state index contributed by atoms with van der Waals surface area (Å²) in [4.78, 5) is 20.6. The Morgan fingerprint density at radius 2 is 2.26 bits per heavy atom. The molecule has 1 aromatic heterocycles. The molecule has 0 amide bonds. The maximum atomic E-state index is 12.8. The van der Waals surface area contributed by atoms with E-state index in [0.717, 1.165) is 12.3 Å². The van der Waals surface area contributed by atoms with Crippen molar-refractivity contribution in [3.05, 3.63) is 22.4 Å². The highest BCUT2D eigenvalue weighted by molar-refractivity contribution is 5.70. The Morgan fingerprint density at radius 1 is 1.63 bits per heavy atom. The minimum atomic E-state index is -4.77. The second-order valence-corrected chi connectivity index (χ2v) is 3.48. The zero-order valence-electron chi connectivity index (χ0n) is 9.75. The van der Waals surface area contributed by atoms with Crippen LogP contribution in [0.5, 0.6) is 0 Å². The quantitative estimate of drug-likeness (QED) is 0.467. The summed E-state index contributed by atoms with van der Waals surface area (Å²) in [6, 6.07) is -1.47. The van der Waals surface area contributed by atoms with Crippen molar-refractivity contribution < 1.29 is 27.6 Å². The van der Waals surface area contributed by atoms with E-state index in [1.54, 1.807) is 0 Å². The van der Waals surface area contributed by atoms with Gasteiger partial charge in [0.1, 0.15) is 0 Å². The average Bonchev–Trinajstić information content (AvgIpc) is 2.73. The Morgan fingerprint density at radius 3 is 2.68 bits per heavy atom. The molecule has 7 nitrogen and oxygen atoms in total. The zero-order chi connectivity index (χ0) is 14.6. The number of nitrogens with zero attached hydrogens (tertiary/aromatic N) is 3. The monoisotopic (exact) mass is 281 g/mol. The number of hydrogen-bond acceptors (Lipinski definition) is 5. The first-order valence-corrected chi connectivity index (χ1v) is 5.17. The molecule has 0 spiro atoms. The molecule has 10 heteroatoms. The maximum absolute atomic E-state index is 12.8. The van der Waals surface area contributed by atoms with Crippen molar-refractivity contribution >= 4 is 11.8 Å². The highest BCUT2D eigenvalue weighted by Gasteiger charge is 2.45. The van der Waals surface area contributed by atoms with E-state index in [0.29, 0.717) is 4.68 Å². The molecule has 0 fully saturated rings. The Labute approximate surface area is 105 Å². The second kappa shape index (κ2) is 5.67. The molecule has 1 rings (SSSR count). The van der Waals surface area contributed by atoms with E-state index in [-0.39, 0.29) is 6.61 Å². The molecule has 0 aliphatic carbocycles. The molecule has 19 heavy (non-hydrogen) atoms. The Bertz CT molecular complexity index is 472. The Balaban J connectivity index is 2.96. The van der Waals surface area contributed by atoms with Gasteiger partial charge in [-0.05, 0) is 11.8 Å². The summed E-state index contributed by atoms with van der Waals surface area (Å²) in [5.41, 5.74) is 0. The fourth-order valence-electron chi connectivity index (χ4n) is 1.34. The van der Waals surface area contributed by atoms with Crippen LogP contribution < -0.4 is 0 Å². The van der Waals surface area contributed by atoms with Gasteiger partial charge in [0.15, 0.2) is 6.04 Å². The molecule has 1 aromatic rings. The van der Waals surface area contributed by atoms with Crippen molar-refractivity contribution in [3.63, 3.8) is 0 Å². The molecule has 0 aliphatic heterocycles. The van der Waals surface area contributed by atoms with Gasteiger partial charge in [-0.1, -0.05) is 0 Å². The summed E-state index contributed by atoms with van der Waals surface area (Å²) in [5.74, 6) is -1.78. The lowest BCUT2D eigenvalue weighted by molar-refractivity contribution is -0.390. The minimum Gasteiger partial charge on any atom is -0.466 e. The average molecular weight is 281 g/mol. The molecule has 0 N–H and O–H groups in total. The molecule has 0 aromatic carbocycles. The molecule has 0 bridgehead atoms. The van der Waals surface area contributed by atoms with Gasteiger partial charge in [-0.3, -0.25) is 4.79 Å². The molecular weight excluding hydrogens is 271 g/mol. The highest BCUT2D eigenvalue weighted by Crippen LogP contribution is 2.33. The van der Waals surface area contributed by atoms with E-state index in [9.17, 15) is 28.1 Å². The van der Waals surface area contributed by atoms with Crippen molar-refractivity contribution in [2.45, 2.75) is 25.6 Å². The van der Waals surface area contributed by atoms with Gasteiger partial charge in [0.05, 0.1) is 30.4 Å². The Hall–Kier alpha value is -2.13. The van der Waals surface area contributed by atoms with Gasteiger partial charge in [0.25, 0.3) is 0 Å². The molecule has 1 atom stereocenters. The number of rotatable bonds is 5. The number of alkyl halides is 3. The largest absolute Gasteiger partial charge is 0.466 e.